The van der Waals surface area contributed by atoms with E-state index in [1.54, 1.807) is 0 Å². The highest BCUT2D eigenvalue weighted by atomic mass is 35.5. The summed E-state index contributed by atoms with van der Waals surface area (Å²) in [5, 5.41) is -0.923. The van der Waals surface area contributed by atoms with E-state index < -0.39 is 28.9 Å². The van der Waals surface area contributed by atoms with Gasteiger partial charge in [0.1, 0.15) is 5.82 Å². The highest BCUT2D eigenvalue weighted by Gasteiger charge is 2.34. The first-order valence-corrected chi connectivity index (χ1v) is 5.45. The largest absolute Gasteiger partial charge is 0.468 e. The van der Waals surface area contributed by atoms with Crippen LogP contribution in [0.3, 0.4) is 0 Å². The quantitative estimate of drug-likeness (QED) is 0.478. The van der Waals surface area contributed by atoms with Crippen molar-refractivity contribution >= 4 is 28.8 Å². The minimum Gasteiger partial charge on any atom is -0.468 e. The van der Waals surface area contributed by atoms with Crippen molar-refractivity contribution in [3.8, 4) is 0 Å². The Bertz CT molecular complexity index is 513. The van der Waals surface area contributed by atoms with Crippen LogP contribution in [0.25, 0.3) is 0 Å². The van der Waals surface area contributed by atoms with Crippen LogP contribution in [0, 0.1) is 5.82 Å². The van der Waals surface area contributed by atoms with Gasteiger partial charge in [-0.15, -0.1) is 0 Å². The fourth-order valence-electron chi connectivity index (χ4n) is 1.54. The van der Waals surface area contributed by atoms with Gasteiger partial charge in [-0.25, -0.2) is 4.39 Å². The van der Waals surface area contributed by atoms with Crippen molar-refractivity contribution in [1.82, 2.24) is 0 Å². The molecule has 0 aliphatic heterocycles. The number of methoxy groups -OCH3 is 2. The molecule has 5 nitrogen and oxygen atoms in total. The molecule has 1 rings (SSSR count). The summed E-state index contributed by atoms with van der Waals surface area (Å²) in [5.41, 5.74) is -0.359. The van der Waals surface area contributed by atoms with Gasteiger partial charge < -0.3 is 9.47 Å². The van der Waals surface area contributed by atoms with Crippen molar-refractivity contribution in [3.05, 3.63) is 35.1 Å². The normalized spacial score (nSPS) is 10.2. The molecule has 0 spiro atoms. The molecule has 0 saturated heterocycles. The first-order valence-electron chi connectivity index (χ1n) is 5.07. The zero-order chi connectivity index (χ0) is 14.6. The van der Waals surface area contributed by atoms with Crippen molar-refractivity contribution < 1.29 is 28.2 Å². The number of hydrogen-bond acceptors (Lipinski definition) is 5. The van der Waals surface area contributed by atoms with Gasteiger partial charge in [0.25, 0.3) is 5.24 Å². The number of benzene rings is 1. The molecule has 0 bridgehead atoms. The molecule has 0 unspecified atom stereocenters. The highest BCUT2D eigenvalue weighted by molar-refractivity contribution is 6.68. The highest BCUT2D eigenvalue weighted by Crippen LogP contribution is 2.25. The molecule has 19 heavy (non-hydrogen) atoms. The Kier molecular flexibility index (Phi) is 5.00. The maximum atomic E-state index is 13.2. The third kappa shape index (κ3) is 3.29. The second-order valence-electron chi connectivity index (χ2n) is 3.48. The lowest BCUT2D eigenvalue weighted by Crippen LogP contribution is -2.26. The molecule has 0 saturated carbocycles. The third-order valence-electron chi connectivity index (χ3n) is 2.41. The van der Waals surface area contributed by atoms with E-state index in [9.17, 15) is 18.8 Å². The van der Waals surface area contributed by atoms with Crippen LogP contribution >= 0.6 is 11.6 Å². The maximum Gasteiger partial charge on any atom is 0.324 e. The number of esters is 2. The van der Waals surface area contributed by atoms with Crippen molar-refractivity contribution in [2.75, 3.05) is 14.2 Å². The summed E-state index contributed by atoms with van der Waals surface area (Å²) in [7, 11) is 2.11. The maximum absolute atomic E-state index is 13.2. The van der Waals surface area contributed by atoms with Crippen molar-refractivity contribution in [2.45, 2.75) is 5.92 Å². The molecule has 0 heterocycles. The smallest absolute Gasteiger partial charge is 0.324 e. The summed E-state index contributed by atoms with van der Waals surface area (Å²) >= 11 is 5.33. The van der Waals surface area contributed by atoms with Gasteiger partial charge in [-0.2, -0.15) is 0 Å². The van der Waals surface area contributed by atoms with E-state index in [2.05, 4.69) is 9.47 Å². The molecule has 0 fully saturated rings. The van der Waals surface area contributed by atoms with Crippen LogP contribution < -0.4 is 0 Å². The predicted molar refractivity (Wildman–Crippen MR) is 63.4 cm³/mol. The zero-order valence-electron chi connectivity index (χ0n) is 10.1. The van der Waals surface area contributed by atoms with Crippen LogP contribution in [0.2, 0.25) is 0 Å². The van der Waals surface area contributed by atoms with Crippen LogP contribution in [-0.2, 0) is 19.1 Å². The van der Waals surface area contributed by atoms with E-state index in [1.165, 1.54) is 0 Å². The van der Waals surface area contributed by atoms with Crippen LogP contribution in [0.5, 0.6) is 0 Å². The number of carbonyl (C=O) groups excluding carboxylic acids is 3. The standard InChI is InChI=1S/C12H10ClFO5/c1-18-11(16)9(12(17)19-2)8-5-6(14)3-4-7(8)10(13)15/h3-5,9H,1-2H3. The van der Waals surface area contributed by atoms with E-state index in [0.29, 0.717) is 0 Å². The van der Waals surface area contributed by atoms with Gasteiger partial charge in [0.15, 0.2) is 5.92 Å². The number of rotatable bonds is 4. The minimum atomic E-state index is -1.57. The average Bonchev–Trinajstić information content (AvgIpc) is 2.38. The number of ether oxygens (including phenoxy) is 2. The predicted octanol–water partition coefficient (Wildman–Crippen LogP) is 1.63. The number of hydrogen-bond donors (Lipinski definition) is 0. The van der Waals surface area contributed by atoms with Gasteiger partial charge in [0.2, 0.25) is 0 Å². The van der Waals surface area contributed by atoms with E-state index in [0.717, 1.165) is 32.4 Å². The second kappa shape index (κ2) is 6.29. The zero-order valence-corrected chi connectivity index (χ0v) is 10.9. The van der Waals surface area contributed by atoms with E-state index >= 15 is 0 Å². The van der Waals surface area contributed by atoms with Gasteiger partial charge in [0, 0.05) is 5.56 Å². The first-order chi connectivity index (χ1) is 8.92. The van der Waals surface area contributed by atoms with Gasteiger partial charge >= 0.3 is 11.9 Å². The topological polar surface area (TPSA) is 69.7 Å². The monoisotopic (exact) mass is 288 g/mol. The van der Waals surface area contributed by atoms with Crippen molar-refractivity contribution in [2.24, 2.45) is 0 Å². The molecule has 0 N–H and O–H groups in total. The Morgan fingerprint density at radius 1 is 1.16 bits per heavy atom. The summed E-state index contributed by atoms with van der Waals surface area (Å²) in [4.78, 5) is 34.4. The first kappa shape index (κ1) is 15.1. The van der Waals surface area contributed by atoms with Crippen LogP contribution in [0.1, 0.15) is 21.8 Å². The van der Waals surface area contributed by atoms with Gasteiger partial charge in [-0.3, -0.25) is 14.4 Å². The molecule has 0 radical (unpaired) electrons. The summed E-state index contributed by atoms with van der Waals surface area (Å²) in [6.07, 6.45) is 0. The molecular weight excluding hydrogens is 279 g/mol. The van der Waals surface area contributed by atoms with Crippen molar-refractivity contribution in [3.63, 3.8) is 0 Å². The minimum absolute atomic E-state index is 0.163. The average molecular weight is 289 g/mol. The lowest BCUT2D eigenvalue weighted by Gasteiger charge is -2.15. The molecule has 7 heteroatoms. The van der Waals surface area contributed by atoms with E-state index in [4.69, 9.17) is 11.6 Å². The Labute approximate surface area is 113 Å². The fourth-order valence-corrected chi connectivity index (χ4v) is 1.71. The summed E-state index contributed by atoms with van der Waals surface area (Å²) in [6.45, 7) is 0. The lowest BCUT2D eigenvalue weighted by atomic mass is 9.94. The Hall–Kier alpha value is -1.95. The molecule has 1 aromatic carbocycles. The molecule has 0 amide bonds. The molecule has 102 valence electrons. The van der Waals surface area contributed by atoms with Gasteiger partial charge in [-0.1, -0.05) is 0 Å². The number of carbonyl (C=O) groups is 3. The van der Waals surface area contributed by atoms with Crippen LogP contribution in [-0.4, -0.2) is 31.4 Å². The Morgan fingerprint density at radius 3 is 2.11 bits per heavy atom. The summed E-state index contributed by atoms with van der Waals surface area (Å²) < 4.78 is 22.1. The van der Waals surface area contributed by atoms with Crippen LogP contribution in [0.4, 0.5) is 4.39 Å². The van der Waals surface area contributed by atoms with Crippen LogP contribution in [0.15, 0.2) is 18.2 Å². The summed E-state index contributed by atoms with van der Waals surface area (Å²) in [5.74, 6) is -4.24. The fraction of sp³-hybridized carbons (Fsp3) is 0.250. The third-order valence-corrected chi connectivity index (χ3v) is 2.61. The molecular formula is C12H10ClFO5. The molecule has 0 aromatic heterocycles. The Morgan fingerprint density at radius 2 is 1.68 bits per heavy atom. The Balaban J connectivity index is 3.44. The molecule has 0 atom stereocenters. The van der Waals surface area contributed by atoms with E-state index in [-0.39, 0.29) is 11.1 Å². The van der Waals surface area contributed by atoms with Crippen molar-refractivity contribution in [1.29, 1.82) is 0 Å². The lowest BCUT2D eigenvalue weighted by molar-refractivity contribution is -0.154. The molecule has 0 aliphatic rings. The SMILES string of the molecule is COC(=O)C(C(=O)OC)c1cc(F)ccc1C(=O)Cl. The van der Waals surface area contributed by atoms with E-state index in [1.807, 2.05) is 0 Å². The van der Waals surface area contributed by atoms with Gasteiger partial charge in [0.05, 0.1) is 14.2 Å². The van der Waals surface area contributed by atoms with Gasteiger partial charge in [-0.05, 0) is 35.4 Å². The molecule has 0 aliphatic carbocycles. The second-order valence-corrected chi connectivity index (χ2v) is 3.83. The molecule has 1 aromatic rings. The number of halogens is 2. The summed E-state index contributed by atoms with van der Waals surface area (Å²) in [6, 6.07) is 2.94.